The normalized spacial score (nSPS) is 16.1. The van der Waals surface area contributed by atoms with Crippen molar-refractivity contribution in [3.8, 4) is 0 Å². The molecule has 186 valence electrons. The number of benzene rings is 2. The lowest BCUT2D eigenvalue weighted by Crippen LogP contribution is -2.47. The highest BCUT2D eigenvalue weighted by Gasteiger charge is 2.32. The van der Waals surface area contributed by atoms with E-state index in [1.807, 2.05) is 19.9 Å². The van der Waals surface area contributed by atoms with Gasteiger partial charge in [0.25, 0.3) is 0 Å². The number of anilines is 2. The molecule has 8 nitrogen and oxygen atoms in total. The van der Waals surface area contributed by atoms with E-state index in [1.54, 1.807) is 19.1 Å². The second kappa shape index (κ2) is 10.5. The van der Waals surface area contributed by atoms with Crippen LogP contribution in [0.15, 0.2) is 47.4 Å². The van der Waals surface area contributed by atoms with Gasteiger partial charge in [-0.05, 0) is 80.6 Å². The van der Waals surface area contributed by atoms with Gasteiger partial charge < -0.3 is 5.32 Å². The van der Waals surface area contributed by atoms with Gasteiger partial charge in [0.2, 0.25) is 26.0 Å². The highest BCUT2D eigenvalue weighted by molar-refractivity contribution is 7.92. The van der Waals surface area contributed by atoms with Gasteiger partial charge in [-0.1, -0.05) is 19.4 Å². The minimum atomic E-state index is -3.75. The first kappa shape index (κ1) is 26.2. The Bertz CT molecular complexity index is 1240. The van der Waals surface area contributed by atoms with Crippen LogP contribution >= 0.6 is 0 Å². The van der Waals surface area contributed by atoms with Crippen molar-refractivity contribution in [1.29, 1.82) is 0 Å². The number of carbonyl (C=O) groups excluding carboxylic acids is 1. The van der Waals surface area contributed by atoms with E-state index in [-0.39, 0.29) is 11.3 Å². The van der Waals surface area contributed by atoms with E-state index in [4.69, 9.17) is 0 Å². The summed E-state index contributed by atoms with van der Waals surface area (Å²) in [5.41, 5.74) is 2.77. The Kier molecular flexibility index (Phi) is 8.05. The van der Waals surface area contributed by atoms with Gasteiger partial charge in [-0.15, -0.1) is 0 Å². The lowest BCUT2D eigenvalue weighted by atomic mass is 10.1. The smallest absolute Gasteiger partial charge is 0.248 e. The van der Waals surface area contributed by atoms with Crippen LogP contribution < -0.4 is 9.62 Å². The van der Waals surface area contributed by atoms with Gasteiger partial charge in [-0.25, -0.2) is 16.8 Å². The standard InChI is InChI=1S/C24H33N3O5S2/c1-5-23(27(33(4,29)30)21-12-9-18(2)19(3)17-21)24(28)25-20-10-13-22(14-11-20)34(31,32)26-15-7-6-8-16-26/h9-14,17,23H,5-8,15-16H2,1-4H3,(H,25,28)/t23-/m1/s1. The molecule has 2 aromatic rings. The highest BCUT2D eigenvalue weighted by Crippen LogP contribution is 2.26. The maximum atomic E-state index is 13.1. The number of hydrogen-bond acceptors (Lipinski definition) is 5. The molecule has 1 saturated heterocycles. The van der Waals surface area contributed by atoms with Crippen LogP contribution in [-0.2, 0) is 24.8 Å². The van der Waals surface area contributed by atoms with E-state index >= 15 is 0 Å². The second-order valence-electron chi connectivity index (χ2n) is 8.73. The van der Waals surface area contributed by atoms with Gasteiger partial charge in [0, 0.05) is 18.8 Å². The highest BCUT2D eigenvalue weighted by atomic mass is 32.2. The van der Waals surface area contributed by atoms with Gasteiger partial charge in [-0.3, -0.25) is 9.10 Å². The third-order valence-corrected chi connectivity index (χ3v) is 9.24. The number of piperidine rings is 1. The quantitative estimate of drug-likeness (QED) is 0.587. The Morgan fingerprint density at radius 3 is 2.12 bits per heavy atom. The Morgan fingerprint density at radius 2 is 1.59 bits per heavy atom. The first-order valence-electron chi connectivity index (χ1n) is 11.4. The summed E-state index contributed by atoms with van der Waals surface area (Å²) in [4.78, 5) is 13.3. The van der Waals surface area contributed by atoms with E-state index in [9.17, 15) is 21.6 Å². The fourth-order valence-electron chi connectivity index (χ4n) is 4.11. The van der Waals surface area contributed by atoms with Crippen molar-refractivity contribution in [3.05, 3.63) is 53.6 Å². The summed E-state index contributed by atoms with van der Waals surface area (Å²) >= 11 is 0. The number of carbonyl (C=O) groups is 1. The molecule has 0 radical (unpaired) electrons. The van der Waals surface area contributed by atoms with Crippen LogP contribution in [0.5, 0.6) is 0 Å². The van der Waals surface area contributed by atoms with E-state index in [2.05, 4.69) is 5.32 Å². The number of nitrogens with one attached hydrogen (secondary N) is 1. The number of sulfonamides is 2. The molecule has 0 aromatic heterocycles. The van der Waals surface area contributed by atoms with Crippen molar-refractivity contribution in [2.75, 3.05) is 29.0 Å². The molecule has 0 unspecified atom stereocenters. The number of amides is 1. The molecule has 34 heavy (non-hydrogen) atoms. The SMILES string of the molecule is CC[C@H](C(=O)Nc1ccc(S(=O)(=O)N2CCCCC2)cc1)N(c1ccc(C)c(C)c1)S(C)(=O)=O. The summed E-state index contributed by atoms with van der Waals surface area (Å²) in [7, 11) is -7.32. The number of hydrogen-bond donors (Lipinski definition) is 1. The Balaban J connectivity index is 1.82. The molecule has 1 aliphatic rings. The molecule has 2 aromatic carbocycles. The molecule has 0 bridgehead atoms. The summed E-state index contributed by atoms with van der Waals surface area (Å²) in [5.74, 6) is -0.488. The molecule has 1 fully saturated rings. The molecule has 0 aliphatic carbocycles. The number of nitrogens with zero attached hydrogens (tertiary/aromatic N) is 2. The van der Waals surface area contributed by atoms with Gasteiger partial charge in [0.1, 0.15) is 6.04 Å². The van der Waals surface area contributed by atoms with Crippen molar-refractivity contribution in [3.63, 3.8) is 0 Å². The molecule has 1 aliphatic heterocycles. The summed E-state index contributed by atoms with van der Waals surface area (Å²) in [6.45, 7) is 6.60. The van der Waals surface area contributed by atoms with Crippen LogP contribution in [0.25, 0.3) is 0 Å². The number of rotatable bonds is 8. The zero-order valence-electron chi connectivity index (χ0n) is 20.1. The average molecular weight is 508 g/mol. The zero-order valence-corrected chi connectivity index (χ0v) is 21.7. The summed E-state index contributed by atoms with van der Waals surface area (Å²) < 4.78 is 53.7. The van der Waals surface area contributed by atoms with Gasteiger partial charge >= 0.3 is 0 Å². The maximum absolute atomic E-state index is 13.1. The molecule has 10 heteroatoms. The van der Waals surface area contributed by atoms with Gasteiger partial charge in [0.15, 0.2) is 0 Å². The van der Waals surface area contributed by atoms with Crippen molar-refractivity contribution >= 4 is 37.3 Å². The van der Waals surface area contributed by atoms with Crippen molar-refractivity contribution in [2.24, 2.45) is 0 Å². The minimum Gasteiger partial charge on any atom is -0.324 e. The van der Waals surface area contributed by atoms with E-state index in [0.717, 1.165) is 41.0 Å². The first-order chi connectivity index (χ1) is 15.9. The fraction of sp³-hybridized carbons (Fsp3) is 0.458. The second-order valence-corrected chi connectivity index (χ2v) is 12.5. The molecule has 1 atom stereocenters. The summed E-state index contributed by atoms with van der Waals surface area (Å²) in [5, 5.41) is 2.75. The molecular weight excluding hydrogens is 474 g/mol. The predicted octanol–water partition coefficient (Wildman–Crippen LogP) is 3.66. The third kappa shape index (κ3) is 5.79. The predicted molar refractivity (Wildman–Crippen MR) is 135 cm³/mol. The molecular formula is C24H33N3O5S2. The van der Waals surface area contributed by atoms with Crippen molar-refractivity contribution in [2.45, 2.75) is 57.4 Å². The monoisotopic (exact) mass is 507 g/mol. The zero-order chi connectivity index (χ0) is 25.1. The molecule has 1 amide bonds. The van der Waals surface area contributed by atoms with Gasteiger partial charge in [-0.2, -0.15) is 4.31 Å². The van der Waals surface area contributed by atoms with E-state index in [0.29, 0.717) is 24.5 Å². The Morgan fingerprint density at radius 1 is 0.971 bits per heavy atom. The van der Waals surface area contributed by atoms with Crippen LogP contribution in [-0.4, -0.2) is 52.4 Å². The van der Waals surface area contributed by atoms with Crippen LogP contribution in [0.2, 0.25) is 0 Å². The molecule has 3 rings (SSSR count). The number of aryl methyl sites for hydroxylation is 2. The van der Waals surface area contributed by atoms with Crippen molar-refractivity contribution in [1.82, 2.24) is 4.31 Å². The van der Waals surface area contributed by atoms with E-state index < -0.39 is 32.0 Å². The molecule has 0 spiro atoms. The topological polar surface area (TPSA) is 104 Å². The summed E-state index contributed by atoms with van der Waals surface area (Å²) in [6.07, 6.45) is 4.07. The fourth-order valence-corrected chi connectivity index (χ4v) is 6.83. The third-order valence-electron chi connectivity index (χ3n) is 6.15. The van der Waals surface area contributed by atoms with E-state index in [1.165, 1.54) is 28.6 Å². The lowest BCUT2D eigenvalue weighted by molar-refractivity contribution is -0.117. The first-order valence-corrected chi connectivity index (χ1v) is 14.7. The van der Waals surface area contributed by atoms with Crippen LogP contribution in [0.1, 0.15) is 43.7 Å². The summed E-state index contributed by atoms with van der Waals surface area (Å²) in [6, 6.07) is 10.3. The van der Waals surface area contributed by atoms with Crippen molar-refractivity contribution < 1.29 is 21.6 Å². The molecule has 0 saturated carbocycles. The Hall–Kier alpha value is -2.43. The average Bonchev–Trinajstić information content (AvgIpc) is 2.79. The van der Waals surface area contributed by atoms with Crippen LogP contribution in [0.4, 0.5) is 11.4 Å². The lowest BCUT2D eigenvalue weighted by Gasteiger charge is -2.30. The Labute approximate surface area is 203 Å². The van der Waals surface area contributed by atoms with Crippen LogP contribution in [0.3, 0.4) is 0 Å². The molecule has 1 N–H and O–H groups in total. The van der Waals surface area contributed by atoms with Gasteiger partial charge in [0.05, 0.1) is 16.8 Å². The maximum Gasteiger partial charge on any atom is 0.248 e. The minimum absolute atomic E-state index is 0.173. The van der Waals surface area contributed by atoms with Crippen LogP contribution in [0, 0.1) is 13.8 Å². The molecule has 1 heterocycles. The largest absolute Gasteiger partial charge is 0.324 e.